The largest absolute Gasteiger partial charge is 0.295 e. The van der Waals surface area contributed by atoms with Crippen molar-refractivity contribution >= 4 is 5.78 Å². The average Bonchev–Trinajstić information content (AvgIpc) is 2.22. The van der Waals surface area contributed by atoms with Crippen LogP contribution in [0.15, 0.2) is 12.2 Å². The van der Waals surface area contributed by atoms with Gasteiger partial charge in [-0.25, -0.2) is 0 Å². The quantitative estimate of drug-likeness (QED) is 0.511. The molecule has 0 bridgehead atoms. The molecule has 1 nitrogen and oxygen atoms in total. The van der Waals surface area contributed by atoms with E-state index in [4.69, 9.17) is 0 Å². The molecule has 1 heteroatoms. The second kappa shape index (κ2) is 8.70. The van der Waals surface area contributed by atoms with Gasteiger partial charge in [-0.15, -0.1) is 0 Å². The van der Waals surface area contributed by atoms with Crippen molar-refractivity contribution in [2.75, 3.05) is 0 Å². The number of carbonyl (C=O) groups is 1. The second-order valence-corrected chi connectivity index (χ2v) is 4.51. The molecule has 1 unspecified atom stereocenters. The molecule has 0 spiro atoms. The summed E-state index contributed by atoms with van der Waals surface area (Å²) in [6.07, 6.45) is 8.12. The first-order chi connectivity index (χ1) is 7.11. The Bertz CT molecular complexity index is 194. The smallest absolute Gasteiger partial charge is 0.157 e. The highest BCUT2D eigenvalue weighted by atomic mass is 16.1. The van der Waals surface area contributed by atoms with Gasteiger partial charge in [-0.05, 0) is 24.8 Å². The van der Waals surface area contributed by atoms with Crippen LogP contribution < -0.4 is 0 Å². The number of rotatable bonds is 9. The fourth-order valence-corrected chi connectivity index (χ4v) is 1.81. The standard InChI is InChI=1S/C14H26O/c1-5-7-9-13(6-2)10-8-11-14(15)12(3)4/h13H,3,5-11H2,1-2,4H3. The summed E-state index contributed by atoms with van der Waals surface area (Å²) in [4.78, 5) is 11.3. The van der Waals surface area contributed by atoms with Crippen LogP contribution in [0.1, 0.15) is 65.7 Å². The van der Waals surface area contributed by atoms with Crippen LogP contribution in [-0.2, 0) is 4.79 Å². The fraction of sp³-hybridized carbons (Fsp3) is 0.786. The zero-order valence-corrected chi connectivity index (χ0v) is 10.6. The van der Waals surface area contributed by atoms with Crippen molar-refractivity contribution in [3.05, 3.63) is 12.2 Å². The molecule has 88 valence electrons. The number of ketones is 1. The molecule has 0 aromatic rings. The van der Waals surface area contributed by atoms with E-state index in [1.54, 1.807) is 6.92 Å². The Hall–Kier alpha value is -0.590. The summed E-state index contributed by atoms with van der Waals surface area (Å²) >= 11 is 0. The summed E-state index contributed by atoms with van der Waals surface area (Å²) in [5.41, 5.74) is 0.705. The van der Waals surface area contributed by atoms with Crippen LogP contribution in [0.4, 0.5) is 0 Å². The molecule has 1 atom stereocenters. The average molecular weight is 210 g/mol. The van der Waals surface area contributed by atoms with E-state index in [1.165, 1.54) is 32.1 Å². The van der Waals surface area contributed by atoms with Gasteiger partial charge in [0.15, 0.2) is 5.78 Å². The van der Waals surface area contributed by atoms with Crippen LogP contribution >= 0.6 is 0 Å². The molecule has 0 aliphatic carbocycles. The molecule has 0 amide bonds. The number of carbonyl (C=O) groups excluding carboxylic acids is 1. The Morgan fingerprint density at radius 3 is 2.27 bits per heavy atom. The molecule has 0 saturated carbocycles. The number of Topliss-reactive ketones (excluding diaryl/α,β-unsaturated/α-hetero) is 1. The van der Waals surface area contributed by atoms with Gasteiger partial charge in [0.25, 0.3) is 0 Å². The van der Waals surface area contributed by atoms with Crippen LogP contribution in [0.5, 0.6) is 0 Å². The molecule has 0 radical (unpaired) electrons. The lowest BCUT2D eigenvalue weighted by molar-refractivity contribution is -0.115. The summed E-state index contributed by atoms with van der Waals surface area (Å²) < 4.78 is 0. The minimum atomic E-state index is 0.236. The lowest BCUT2D eigenvalue weighted by Crippen LogP contribution is -2.03. The van der Waals surface area contributed by atoms with Crippen molar-refractivity contribution in [1.82, 2.24) is 0 Å². The maximum Gasteiger partial charge on any atom is 0.157 e. The maximum atomic E-state index is 11.3. The van der Waals surface area contributed by atoms with Gasteiger partial charge in [0.1, 0.15) is 0 Å². The van der Waals surface area contributed by atoms with E-state index in [9.17, 15) is 4.79 Å². The van der Waals surface area contributed by atoms with E-state index in [0.29, 0.717) is 12.0 Å². The van der Waals surface area contributed by atoms with Gasteiger partial charge in [0.05, 0.1) is 0 Å². The molecular weight excluding hydrogens is 184 g/mol. The minimum Gasteiger partial charge on any atom is -0.295 e. The summed E-state index contributed by atoms with van der Waals surface area (Å²) in [5.74, 6) is 1.06. The lowest BCUT2D eigenvalue weighted by Gasteiger charge is -2.13. The van der Waals surface area contributed by atoms with Crippen LogP contribution in [0, 0.1) is 5.92 Å². The molecule has 0 aliphatic rings. The highest BCUT2D eigenvalue weighted by molar-refractivity contribution is 5.93. The summed E-state index contributed by atoms with van der Waals surface area (Å²) in [5, 5.41) is 0. The van der Waals surface area contributed by atoms with Crippen LogP contribution in [0.3, 0.4) is 0 Å². The van der Waals surface area contributed by atoms with E-state index < -0.39 is 0 Å². The monoisotopic (exact) mass is 210 g/mol. The SMILES string of the molecule is C=C(C)C(=O)CCCC(CC)CCCC. The first-order valence-corrected chi connectivity index (χ1v) is 6.30. The Morgan fingerprint density at radius 2 is 1.80 bits per heavy atom. The van der Waals surface area contributed by atoms with E-state index >= 15 is 0 Å². The topological polar surface area (TPSA) is 17.1 Å². The molecule has 0 aromatic carbocycles. The maximum absolute atomic E-state index is 11.3. The molecule has 0 aromatic heterocycles. The molecule has 0 heterocycles. The van der Waals surface area contributed by atoms with Gasteiger partial charge in [0, 0.05) is 6.42 Å². The predicted octanol–water partition coefficient (Wildman–Crippen LogP) is 4.52. The number of unbranched alkanes of at least 4 members (excludes halogenated alkanes) is 1. The molecule has 0 rings (SSSR count). The summed E-state index contributed by atoms with van der Waals surface area (Å²) in [6.45, 7) is 9.96. The molecule has 15 heavy (non-hydrogen) atoms. The highest BCUT2D eigenvalue weighted by Gasteiger charge is 2.07. The van der Waals surface area contributed by atoms with E-state index in [-0.39, 0.29) is 5.78 Å². The Kier molecular flexibility index (Phi) is 8.35. The van der Waals surface area contributed by atoms with E-state index in [2.05, 4.69) is 20.4 Å². The number of hydrogen-bond donors (Lipinski definition) is 0. The first kappa shape index (κ1) is 14.4. The molecule has 0 fully saturated rings. The second-order valence-electron chi connectivity index (χ2n) is 4.51. The van der Waals surface area contributed by atoms with Gasteiger partial charge in [-0.1, -0.05) is 52.5 Å². The van der Waals surface area contributed by atoms with E-state index in [1.807, 2.05) is 0 Å². The van der Waals surface area contributed by atoms with Crippen molar-refractivity contribution < 1.29 is 4.79 Å². The van der Waals surface area contributed by atoms with Crippen molar-refractivity contribution in [3.63, 3.8) is 0 Å². The molecule has 0 saturated heterocycles. The Morgan fingerprint density at radius 1 is 1.20 bits per heavy atom. The zero-order valence-electron chi connectivity index (χ0n) is 10.6. The van der Waals surface area contributed by atoms with Gasteiger partial charge >= 0.3 is 0 Å². The Labute approximate surface area is 95.0 Å². The fourth-order valence-electron chi connectivity index (χ4n) is 1.81. The van der Waals surface area contributed by atoms with Gasteiger partial charge < -0.3 is 0 Å². The first-order valence-electron chi connectivity index (χ1n) is 6.30. The summed E-state index contributed by atoms with van der Waals surface area (Å²) in [6, 6.07) is 0. The molecule has 0 N–H and O–H groups in total. The van der Waals surface area contributed by atoms with Gasteiger partial charge in [-0.2, -0.15) is 0 Å². The number of allylic oxidation sites excluding steroid dienone is 1. The van der Waals surface area contributed by atoms with Crippen molar-refractivity contribution in [2.24, 2.45) is 5.92 Å². The lowest BCUT2D eigenvalue weighted by atomic mass is 9.93. The normalized spacial score (nSPS) is 12.5. The van der Waals surface area contributed by atoms with Gasteiger partial charge in [0.2, 0.25) is 0 Å². The molecular formula is C14H26O. The minimum absolute atomic E-state index is 0.236. The van der Waals surface area contributed by atoms with Crippen LogP contribution in [-0.4, -0.2) is 5.78 Å². The van der Waals surface area contributed by atoms with E-state index in [0.717, 1.165) is 12.3 Å². The third-order valence-corrected chi connectivity index (χ3v) is 3.04. The van der Waals surface area contributed by atoms with Crippen molar-refractivity contribution in [2.45, 2.75) is 65.7 Å². The highest BCUT2D eigenvalue weighted by Crippen LogP contribution is 2.19. The Balaban J connectivity index is 3.62. The van der Waals surface area contributed by atoms with Crippen LogP contribution in [0.2, 0.25) is 0 Å². The number of hydrogen-bond acceptors (Lipinski definition) is 1. The van der Waals surface area contributed by atoms with Crippen molar-refractivity contribution in [1.29, 1.82) is 0 Å². The van der Waals surface area contributed by atoms with Crippen molar-refractivity contribution in [3.8, 4) is 0 Å². The van der Waals surface area contributed by atoms with Gasteiger partial charge in [-0.3, -0.25) is 4.79 Å². The summed E-state index contributed by atoms with van der Waals surface area (Å²) in [7, 11) is 0. The third kappa shape index (κ3) is 7.35. The van der Waals surface area contributed by atoms with Crippen LogP contribution in [0.25, 0.3) is 0 Å². The molecule has 0 aliphatic heterocycles. The predicted molar refractivity (Wildman–Crippen MR) is 67.0 cm³/mol. The zero-order chi connectivity index (χ0) is 11.7. The third-order valence-electron chi connectivity index (χ3n) is 3.04.